The highest BCUT2D eigenvalue weighted by atomic mass is 16.3. The van der Waals surface area contributed by atoms with E-state index in [-0.39, 0.29) is 5.41 Å². The zero-order valence-corrected chi connectivity index (χ0v) is 10.2. The number of benzene rings is 1. The highest BCUT2D eigenvalue weighted by Gasteiger charge is 2.28. The minimum atomic E-state index is -0.642. The normalized spacial score (nSPS) is 13.9. The first kappa shape index (κ1) is 12.0. The Morgan fingerprint density at radius 3 is 2.65 bits per heavy atom. The highest BCUT2D eigenvalue weighted by molar-refractivity contribution is 5.78. The number of rotatable bonds is 3. The summed E-state index contributed by atoms with van der Waals surface area (Å²) in [5, 5.41) is 11.3. The van der Waals surface area contributed by atoms with Crippen LogP contribution in [0.1, 0.15) is 25.6 Å². The summed E-state index contributed by atoms with van der Waals surface area (Å²) in [6.45, 7) is 4.30. The smallest absolute Gasteiger partial charge is 0.102 e. The second-order valence-corrected chi connectivity index (χ2v) is 5.02. The molecular weight excluding hydrogens is 212 g/mol. The zero-order chi connectivity index (χ0) is 12.5. The summed E-state index contributed by atoms with van der Waals surface area (Å²) in [4.78, 5) is 4.48. The van der Waals surface area contributed by atoms with E-state index in [0.29, 0.717) is 12.2 Å². The van der Waals surface area contributed by atoms with Gasteiger partial charge in [-0.25, -0.2) is 0 Å². The molecule has 3 nitrogen and oxygen atoms in total. The number of para-hydroxylation sites is 1. The minimum Gasteiger partial charge on any atom is -0.386 e. The van der Waals surface area contributed by atoms with Gasteiger partial charge in [-0.2, -0.15) is 0 Å². The van der Waals surface area contributed by atoms with Crippen LogP contribution in [0.4, 0.5) is 0 Å². The Labute approximate surface area is 101 Å². The maximum Gasteiger partial charge on any atom is 0.102 e. The van der Waals surface area contributed by atoms with E-state index in [1.165, 1.54) is 0 Å². The fourth-order valence-corrected chi connectivity index (χ4v) is 1.75. The van der Waals surface area contributed by atoms with Crippen LogP contribution in [0.5, 0.6) is 0 Å². The number of nitrogens with two attached hydrogens (primary N) is 1. The molecule has 0 aliphatic carbocycles. The Bertz CT molecular complexity index is 522. The van der Waals surface area contributed by atoms with Crippen molar-refractivity contribution >= 4 is 10.9 Å². The molecule has 1 aromatic heterocycles. The highest BCUT2D eigenvalue weighted by Crippen LogP contribution is 2.31. The van der Waals surface area contributed by atoms with Gasteiger partial charge >= 0.3 is 0 Å². The van der Waals surface area contributed by atoms with Crippen molar-refractivity contribution in [3.63, 3.8) is 0 Å². The number of aliphatic hydroxyl groups excluding tert-OH is 1. The van der Waals surface area contributed by atoms with Crippen LogP contribution in [-0.4, -0.2) is 16.6 Å². The van der Waals surface area contributed by atoms with E-state index < -0.39 is 6.10 Å². The largest absolute Gasteiger partial charge is 0.386 e. The molecule has 0 saturated carbocycles. The standard InChI is InChI=1S/C14H18N2O/c1-14(2,9-15)13(17)12-8-7-10-5-3-4-6-11(10)16-12/h3-8,13,17H,9,15H2,1-2H3. The predicted molar refractivity (Wildman–Crippen MR) is 69.5 cm³/mol. The Balaban J connectivity index is 2.43. The van der Waals surface area contributed by atoms with Crippen LogP contribution in [0.2, 0.25) is 0 Å². The van der Waals surface area contributed by atoms with Crippen LogP contribution in [-0.2, 0) is 0 Å². The van der Waals surface area contributed by atoms with Gasteiger partial charge in [-0.15, -0.1) is 0 Å². The van der Waals surface area contributed by atoms with Crippen molar-refractivity contribution in [1.82, 2.24) is 4.98 Å². The van der Waals surface area contributed by atoms with E-state index in [0.717, 1.165) is 10.9 Å². The monoisotopic (exact) mass is 230 g/mol. The van der Waals surface area contributed by atoms with Crippen molar-refractivity contribution in [3.05, 3.63) is 42.1 Å². The SMILES string of the molecule is CC(C)(CN)C(O)c1ccc2ccccc2n1. The number of pyridine rings is 1. The van der Waals surface area contributed by atoms with E-state index in [1.54, 1.807) is 0 Å². The van der Waals surface area contributed by atoms with Gasteiger partial charge in [0.25, 0.3) is 0 Å². The predicted octanol–water partition coefficient (Wildman–Crippen LogP) is 2.25. The molecule has 0 bridgehead atoms. The molecule has 0 aliphatic rings. The van der Waals surface area contributed by atoms with E-state index in [4.69, 9.17) is 5.73 Å². The number of hydrogen-bond donors (Lipinski definition) is 2. The van der Waals surface area contributed by atoms with Gasteiger partial charge in [0.05, 0.1) is 11.2 Å². The molecule has 3 heteroatoms. The van der Waals surface area contributed by atoms with E-state index >= 15 is 0 Å². The van der Waals surface area contributed by atoms with Gasteiger partial charge in [-0.3, -0.25) is 4.98 Å². The van der Waals surface area contributed by atoms with Gasteiger partial charge in [-0.05, 0) is 12.1 Å². The van der Waals surface area contributed by atoms with Gasteiger partial charge in [0.1, 0.15) is 6.10 Å². The number of fused-ring (bicyclic) bond motifs is 1. The summed E-state index contributed by atoms with van der Waals surface area (Å²) in [5.41, 5.74) is 6.88. The van der Waals surface area contributed by atoms with E-state index in [9.17, 15) is 5.11 Å². The lowest BCUT2D eigenvalue weighted by Crippen LogP contribution is -2.31. The molecule has 0 radical (unpaired) electrons. The molecule has 1 unspecified atom stereocenters. The molecule has 2 rings (SSSR count). The molecule has 90 valence electrons. The fraction of sp³-hybridized carbons (Fsp3) is 0.357. The van der Waals surface area contributed by atoms with Crippen molar-refractivity contribution in [1.29, 1.82) is 0 Å². The maximum atomic E-state index is 10.3. The fourth-order valence-electron chi connectivity index (χ4n) is 1.75. The van der Waals surface area contributed by atoms with Gasteiger partial charge in [0.2, 0.25) is 0 Å². The number of hydrogen-bond acceptors (Lipinski definition) is 3. The van der Waals surface area contributed by atoms with Crippen LogP contribution in [0.15, 0.2) is 36.4 Å². The number of aromatic nitrogens is 1. The van der Waals surface area contributed by atoms with Crippen LogP contribution < -0.4 is 5.73 Å². The average Bonchev–Trinajstić information content (AvgIpc) is 2.37. The van der Waals surface area contributed by atoms with Gasteiger partial charge in [-0.1, -0.05) is 38.1 Å². The molecular formula is C14H18N2O. The molecule has 2 aromatic rings. The molecule has 0 spiro atoms. The molecule has 17 heavy (non-hydrogen) atoms. The third-order valence-corrected chi connectivity index (χ3v) is 3.17. The van der Waals surface area contributed by atoms with Crippen LogP contribution in [0.25, 0.3) is 10.9 Å². The molecule has 1 heterocycles. The summed E-state index contributed by atoms with van der Waals surface area (Å²) >= 11 is 0. The van der Waals surface area contributed by atoms with Crippen molar-refractivity contribution in [2.45, 2.75) is 20.0 Å². The second-order valence-electron chi connectivity index (χ2n) is 5.02. The number of aliphatic hydroxyl groups is 1. The first-order chi connectivity index (χ1) is 8.04. The summed E-state index contributed by atoms with van der Waals surface area (Å²) < 4.78 is 0. The van der Waals surface area contributed by atoms with Crippen LogP contribution >= 0.6 is 0 Å². The Hall–Kier alpha value is -1.45. The topological polar surface area (TPSA) is 59.1 Å². The molecule has 1 atom stereocenters. The molecule has 0 aliphatic heterocycles. The molecule has 3 N–H and O–H groups in total. The third-order valence-electron chi connectivity index (χ3n) is 3.17. The minimum absolute atomic E-state index is 0.366. The lowest BCUT2D eigenvalue weighted by atomic mass is 9.84. The first-order valence-electron chi connectivity index (χ1n) is 5.78. The molecule has 1 aromatic carbocycles. The summed E-state index contributed by atoms with van der Waals surface area (Å²) in [5.74, 6) is 0. The first-order valence-corrected chi connectivity index (χ1v) is 5.78. The van der Waals surface area contributed by atoms with Crippen molar-refractivity contribution in [3.8, 4) is 0 Å². The Morgan fingerprint density at radius 1 is 1.24 bits per heavy atom. The second kappa shape index (κ2) is 4.43. The van der Waals surface area contributed by atoms with Gasteiger partial charge in [0, 0.05) is 17.3 Å². The summed E-state index contributed by atoms with van der Waals surface area (Å²) in [6, 6.07) is 11.7. The average molecular weight is 230 g/mol. The van der Waals surface area contributed by atoms with E-state index in [1.807, 2.05) is 50.2 Å². The van der Waals surface area contributed by atoms with Gasteiger partial charge < -0.3 is 10.8 Å². The van der Waals surface area contributed by atoms with Crippen molar-refractivity contribution < 1.29 is 5.11 Å². The molecule has 0 saturated heterocycles. The zero-order valence-electron chi connectivity index (χ0n) is 10.2. The van der Waals surface area contributed by atoms with Gasteiger partial charge in [0.15, 0.2) is 0 Å². The third kappa shape index (κ3) is 2.30. The maximum absolute atomic E-state index is 10.3. The quantitative estimate of drug-likeness (QED) is 0.850. The van der Waals surface area contributed by atoms with Crippen molar-refractivity contribution in [2.24, 2.45) is 11.1 Å². The lowest BCUT2D eigenvalue weighted by Gasteiger charge is -2.28. The summed E-state index contributed by atoms with van der Waals surface area (Å²) in [6.07, 6.45) is -0.642. The van der Waals surface area contributed by atoms with E-state index in [2.05, 4.69) is 4.98 Å². The summed E-state index contributed by atoms with van der Waals surface area (Å²) in [7, 11) is 0. The van der Waals surface area contributed by atoms with Crippen LogP contribution in [0.3, 0.4) is 0 Å². The van der Waals surface area contributed by atoms with Crippen molar-refractivity contribution in [2.75, 3.05) is 6.54 Å². The Kier molecular flexibility index (Phi) is 3.13. The number of nitrogens with zero attached hydrogens (tertiary/aromatic N) is 1. The molecule has 0 amide bonds. The molecule has 0 fully saturated rings. The Morgan fingerprint density at radius 2 is 1.94 bits per heavy atom. The van der Waals surface area contributed by atoms with Crippen LogP contribution in [0, 0.1) is 5.41 Å². The lowest BCUT2D eigenvalue weighted by molar-refractivity contribution is 0.0521.